The van der Waals surface area contributed by atoms with Gasteiger partial charge in [-0.2, -0.15) is 0 Å². The molecule has 0 saturated heterocycles. The molecular formula is C20H26F2O2. The lowest BCUT2D eigenvalue weighted by molar-refractivity contribution is -0.0774. The lowest BCUT2D eigenvalue weighted by atomic mass is 9.75. The number of hydrogen-bond acceptors (Lipinski definition) is 2. The summed E-state index contributed by atoms with van der Waals surface area (Å²) in [7, 11) is 0. The Labute approximate surface area is 142 Å². The third-order valence-corrected chi connectivity index (χ3v) is 5.74. The minimum atomic E-state index is -2.59. The molecule has 0 spiro atoms. The van der Waals surface area contributed by atoms with E-state index in [0.29, 0.717) is 32.5 Å². The molecule has 2 fully saturated rings. The van der Waals surface area contributed by atoms with E-state index in [1.165, 1.54) is 0 Å². The van der Waals surface area contributed by atoms with Crippen molar-refractivity contribution in [3.05, 3.63) is 48.6 Å². The highest BCUT2D eigenvalue weighted by atomic mass is 19.3. The lowest BCUT2D eigenvalue weighted by Gasteiger charge is -2.35. The van der Waals surface area contributed by atoms with Crippen LogP contribution in [-0.2, 0) is 11.3 Å². The van der Waals surface area contributed by atoms with Crippen molar-refractivity contribution in [2.45, 2.75) is 50.2 Å². The van der Waals surface area contributed by atoms with Crippen LogP contribution >= 0.6 is 0 Å². The molecule has 2 saturated carbocycles. The van der Waals surface area contributed by atoms with Gasteiger partial charge >= 0.3 is 0 Å². The first-order chi connectivity index (χ1) is 11.4. The van der Waals surface area contributed by atoms with Crippen LogP contribution in [0.3, 0.4) is 0 Å². The van der Waals surface area contributed by atoms with Crippen molar-refractivity contribution in [1.29, 1.82) is 0 Å². The Balaban J connectivity index is 1.67. The quantitative estimate of drug-likeness (QED) is 0.771. The maximum absolute atomic E-state index is 13.7. The van der Waals surface area contributed by atoms with E-state index in [-0.39, 0.29) is 30.6 Å². The minimum absolute atomic E-state index is 0.0759. The predicted octanol–water partition coefficient (Wildman–Crippen LogP) is 4.58. The molecule has 2 aliphatic carbocycles. The molecule has 0 bridgehead atoms. The van der Waals surface area contributed by atoms with Gasteiger partial charge in [0.25, 0.3) is 0 Å². The second kappa shape index (κ2) is 6.93. The molecule has 1 aromatic rings. The molecule has 2 nitrogen and oxygen atoms in total. The van der Waals surface area contributed by atoms with E-state index in [9.17, 15) is 13.9 Å². The van der Waals surface area contributed by atoms with Gasteiger partial charge in [0, 0.05) is 18.8 Å². The predicted molar refractivity (Wildman–Crippen MR) is 89.7 cm³/mol. The van der Waals surface area contributed by atoms with E-state index in [1.807, 2.05) is 30.3 Å². The number of ether oxygens (including phenoxy) is 1. The maximum Gasteiger partial charge on any atom is 0.248 e. The van der Waals surface area contributed by atoms with Gasteiger partial charge in [0.05, 0.1) is 18.8 Å². The fraction of sp³-hybridized carbons (Fsp3) is 0.600. The Morgan fingerprint density at radius 3 is 2.71 bits per heavy atom. The Hall–Kier alpha value is -1.26. The van der Waals surface area contributed by atoms with Crippen molar-refractivity contribution in [3.63, 3.8) is 0 Å². The number of alkyl halides is 2. The summed E-state index contributed by atoms with van der Waals surface area (Å²) in [6, 6.07) is 9.86. The standard InChI is InChI=1S/C20H26F2O2/c1-2-9-19(23)11-16-12-20(21,22)10-8-17(16)18(19)14-24-13-15-6-4-3-5-7-15/h2-7,16-18,23H,1,8-14H2/t16-,17-,18-,19?/m1/s1. The Morgan fingerprint density at radius 1 is 1.25 bits per heavy atom. The van der Waals surface area contributed by atoms with E-state index in [2.05, 4.69) is 6.58 Å². The van der Waals surface area contributed by atoms with Crippen LogP contribution in [0.2, 0.25) is 0 Å². The number of fused-ring (bicyclic) bond motifs is 1. The first kappa shape index (κ1) is 17.6. The molecule has 4 heteroatoms. The highest BCUT2D eigenvalue weighted by molar-refractivity contribution is 5.13. The number of aliphatic hydroxyl groups is 1. The van der Waals surface area contributed by atoms with Crippen LogP contribution in [0.5, 0.6) is 0 Å². The van der Waals surface area contributed by atoms with Crippen molar-refractivity contribution in [3.8, 4) is 0 Å². The summed E-state index contributed by atoms with van der Waals surface area (Å²) in [4.78, 5) is 0. The molecule has 132 valence electrons. The fourth-order valence-corrected chi connectivity index (χ4v) is 4.65. The van der Waals surface area contributed by atoms with Gasteiger partial charge in [-0.05, 0) is 36.7 Å². The van der Waals surface area contributed by atoms with Gasteiger partial charge in [-0.15, -0.1) is 6.58 Å². The van der Waals surface area contributed by atoms with Crippen LogP contribution in [0, 0.1) is 17.8 Å². The molecule has 2 aliphatic rings. The molecule has 1 N–H and O–H groups in total. The van der Waals surface area contributed by atoms with Gasteiger partial charge in [-0.3, -0.25) is 0 Å². The second-order valence-electron chi connectivity index (χ2n) is 7.43. The molecule has 4 atom stereocenters. The Kier molecular flexibility index (Phi) is 5.07. The van der Waals surface area contributed by atoms with E-state index in [0.717, 1.165) is 5.56 Å². The van der Waals surface area contributed by atoms with Gasteiger partial charge in [0.15, 0.2) is 0 Å². The average molecular weight is 336 g/mol. The topological polar surface area (TPSA) is 29.5 Å². The highest BCUT2D eigenvalue weighted by Crippen LogP contribution is 2.55. The zero-order valence-electron chi connectivity index (χ0n) is 14.0. The first-order valence-corrected chi connectivity index (χ1v) is 8.76. The number of rotatable bonds is 6. The van der Waals surface area contributed by atoms with Crippen LogP contribution in [0.25, 0.3) is 0 Å². The van der Waals surface area contributed by atoms with Crippen LogP contribution in [0.1, 0.15) is 37.7 Å². The third-order valence-electron chi connectivity index (χ3n) is 5.74. The molecule has 3 rings (SSSR count). The lowest BCUT2D eigenvalue weighted by Crippen LogP contribution is -2.39. The first-order valence-electron chi connectivity index (χ1n) is 8.76. The van der Waals surface area contributed by atoms with Gasteiger partial charge in [0.1, 0.15) is 0 Å². The van der Waals surface area contributed by atoms with E-state index >= 15 is 0 Å². The minimum Gasteiger partial charge on any atom is -0.389 e. The average Bonchev–Trinajstić information content (AvgIpc) is 2.78. The zero-order chi connectivity index (χ0) is 17.2. The fourth-order valence-electron chi connectivity index (χ4n) is 4.65. The van der Waals surface area contributed by atoms with Gasteiger partial charge < -0.3 is 9.84 Å². The largest absolute Gasteiger partial charge is 0.389 e. The van der Waals surface area contributed by atoms with E-state index in [1.54, 1.807) is 6.08 Å². The number of halogens is 2. The van der Waals surface area contributed by atoms with Crippen LogP contribution in [-0.4, -0.2) is 23.2 Å². The zero-order valence-corrected chi connectivity index (χ0v) is 14.0. The highest BCUT2D eigenvalue weighted by Gasteiger charge is 2.56. The summed E-state index contributed by atoms with van der Waals surface area (Å²) < 4.78 is 33.4. The Bertz CT molecular complexity index is 560. The summed E-state index contributed by atoms with van der Waals surface area (Å²) in [6.07, 6.45) is 2.85. The van der Waals surface area contributed by atoms with Crippen LogP contribution < -0.4 is 0 Å². The third kappa shape index (κ3) is 3.70. The summed E-state index contributed by atoms with van der Waals surface area (Å²) in [5, 5.41) is 11.1. The molecular weight excluding hydrogens is 310 g/mol. The Morgan fingerprint density at radius 2 is 2.00 bits per heavy atom. The SMILES string of the molecule is C=CCC1(O)C[C@@H]2CC(F)(F)CC[C@H]2[C@H]1COCc1ccccc1. The molecule has 0 heterocycles. The normalized spacial score (nSPS) is 34.7. The van der Waals surface area contributed by atoms with E-state index in [4.69, 9.17) is 4.74 Å². The van der Waals surface area contributed by atoms with Gasteiger partial charge in [-0.25, -0.2) is 8.78 Å². The van der Waals surface area contributed by atoms with Crippen molar-refractivity contribution in [1.82, 2.24) is 0 Å². The molecule has 0 amide bonds. The molecule has 24 heavy (non-hydrogen) atoms. The van der Waals surface area contributed by atoms with Crippen molar-refractivity contribution in [2.24, 2.45) is 17.8 Å². The summed E-state index contributed by atoms with van der Waals surface area (Å²) in [6.45, 7) is 4.62. The van der Waals surface area contributed by atoms with Gasteiger partial charge in [0.2, 0.25) is 5.92 Å². The molecule has 0 radical (unpaired) electrons. The van der Waals surface area contributed by atoms with Crippen molar-refractivity contribution >= 4 is 0 Å². The van der Waals surface area contributed by atoms with Crippen LogP contribution in [0.4, 0.5) is 8.78 Å². The van der Waals surface area contributed by atoms with Crippen molar-refractivity contribution in [2.75, 3.05) is 6.61 Å². The number of hydrogen-bond donors (Lipinski definition) is 1. The van der Waals surface area contributed by atoms with Crippen LogP contribution in [0.15, 0.2) is 43.0 Å². The summed E-state index contributed by atoms with van der Waals surface area (Å²) in [5.41, 5.74) is 0.114. The molecule has 1 aromatic carbocycles. The monoisotopic (exact) mass is 336 g/mol. The van der Waals surface area contributed by atoms with Crippen molar-refractivity contribution < 1.29 is 18.6 Å². The van der Waals surface area contributed by atoms with E-state index < -0.39 is 11.5 Å². The van der Waals surface area contributed by atoms with Gasteiger partial charge in [-0.1, -0.05) is 36.4 Å². The molecule has 1 unspecified atom stereocenters. The molecule has 0 aliphatic heterocycles. The maximum atomic E-state index is 13.7. The second-order valence-corrected chi connectivity index (χ2v) is 7.43. The molecule has 0 aromatic heterocycles. The smallest absolute Gasteiger partial charge is 0.248 e. The number of benzene rings is 1. The summed E-state index contributed by atoms with van der Waals surface area (Å²) in [5.74, 6) is -2.69. The summed E-state index contributed by atoms with van der Waals surface area (Å²) >= 11 is 0.